The van der Waals surface area contributed by atoms with Crippen LogP contribution >= 0.6 is 23.2 Å². The second-order valence-electron chi connectivity index (χ2n) is 8.85. The average Bonchev–Trinajstić information content (AvgIpc) is 2.88. The van der Waals surface area contributed by atoms with Crippen molar-refractivity contribution in [3.63, 3.8) is 0 Å². The highest BCUT2D eigenvalue weighted by Crippen LogP contribution is 2.37. The summed E-state index contributed by atoms with van der Waals surface area (Å²) in [4.78, 5) is 8.60. The molecule has 192 valence electrons. The lowest BCUT2D eigenvalue weighted by molar-refractivity contribution is 0.100. The van der Waals surface area contributed by atoms with Crippen molar-refractivity contribution >= 4 is 28.9 Å². The highest BCUT2D eigenvalue weighted by atomic mass is 35.5. The van der Waals surface area contributed by atoms with Crippen LogP contribution in [0.3, 0.4) is 0 Å². The summed E-state index contributed by atoms with van der Waals surface area (Å²) in [6.45, 7) is 4.06. The number of ether oxygens (including phenoxy) is 1. The van der Waals surface area contributed by atoms with Crippen LogP contribution in [0.2, 0.25) is 10.0 Å². The van der Waals surface area contributed by atoms with Gasteiger partial charge in [-0.3, -0.25) is 9.88 Å². The highest BCUT2D eigenvalue weighted by molar-refractivity contribution is 6.33. The van der Waals surface area contributed by atoms with E-state index in [2.05, 4.69) is 14.8 Å². The van der Waals surface area contributed by atoms with Crippen molar-refractivity contribution < 1.29 is 19.3 Å². The number of hydrogen-bond donors (Lipinski definition) is 2. The number of aliphatic hydroxyl groups excluding tert-OH is 2. The lowest BCUT2D eigenvalue weighted by Gasteiger charge is -2.44. The molecule has 2 heterocycles. The van der Waals surface area contributed by atoms with E-state index in [-0.39, 0.29) is 19.3 Å². The fraction of sp³-hybridized carbons (Fsp3) is 0.370. The van der Waals surface area contributed by atoms with E-state index in [0.717, 1.165) is 11.3 Å². The molecule has 2 aromatic carbocycles. The summed E-state index contributed by atoms with van der Waals surface area (Å²) in [6.07, 6.45) is -0.347. The van der Waals surface area contributed by atoms with Crippen molar-refractivity contribution in [2.45, 2.75) is 25.2 Å². The zero-order valence-electron chi connectivity index (χ0n) is 20.0. The first-order chi connectivity index (χ1) is 17.4. The van der Waals surface area contributed by atoms with Crippen molar-refractivity contribution in [2.75, 3.05) is 44.3 Å². The lowest BCUT2D eigenvalue weighted by atomic mass is 10.0. The number of anilines is 1. The van der Waals surface area contributed by atoms with E-state index in [4.69, 9.17) is 33.0 Å². The molecule has 1 fully saturated rings. The molecular weight excluding hydrogens is 504 g/mol. The summed E-state index contributed by atoms with van der Waals surface area (Å²) in [5.74, 6) is 0.601. The molecule has 0 aliphatic carbocycles. The zero-order chi connectivity index (χ0) is 25.7. The average molecular weight is 534 g/mol. The fourth-order valence-corrected chi connectivity index (χ4v) is 4.84. The summed E-state index contributed by atoms with van der Waals surface area (Å²) in [5, 5.41) is 21.1. The molecule has 9 heteroatoms. The molecular formula is C27H30Cl2FN3O3. The van der Waals surface area contributed by atoms with Gasteiger partial charge in [0, 0.05) is 49.0 Å². The molecule has 1 aliphatic heterocycles. The van der Waals surface area contributed by atoms with Gasteiger partial charge in [0.05, 0.1) is 35.2 Å². The molecule has 1 aromatic heterocycles. The number of aliphatic hydroxyl groups is 2. The van der Waals surface area contributed by atoms with E-state index in [1.807, 2.05) is 36.4 Å². The molecule has 6 nitrogen and oxygen atoms in total. The first kappa shape index (κ1) is 26.6. The van der Waals surface area contributed by atoms with Gasteiger partial charge in [-0.15, -0.1) is 0 Å². The maximum atomic E-state index is 13.5. The maximum absolute atomic E-state index is 13.5. The number of benzene rings is 2. The van der Waals surface area contributed by atoms with Gasteiger partial charge in [-0.2, -0.15) is 0 Å². The Labute approximate surface area is 220 Å². The molecule has 1 aliphatic rings. The molecule has 4 rings (SSSR count). The Morgan fingerprint density at radius 1 is 1.11 bits per heavy atom. The van der Waals surface area contributed by atoms with Gasteiger partial charge in [0.25, 0.3) is 0 Å². The number of hydrogen-bond acceptors (Lipinski definition) is 6. The summed E-state index contributed by atoms with van der Waals surface area (Å²) >= 11 is 12.8. The first-order valence-corrected chi connectivity index (χ1v) is 12.7. The number of halogens is 3. The van der Waals surface area contributed by atoms with E-state index < -0.39 is 12.3 Å². The number of rotatable bonds is 9. The Balaban J connectivity index is 1.53. The summed E-state index contributed by atoms with van der Waals surface area (Å²) in [5.41, 5.74) is 2.98. The van der Waals surface area contributed by atoms with Crippen LogP contribution in [0, 0.1) is 0 Å². The molecule has 0 amide bonds. The van der Waals surface area contributed by atoms with Gasteiger partial charge < -0.3 is 19.8 Å². The third-order valence-electron chi connectivity index (χ3n) is 6.34. The predicted octanol–water partition coefficient (Wildman–Crippen LogP) is 5.39. The lowest BCUT2D eigenvalue weighted by Crippen LogP contribution is -2.49. The zero-order valence-corrected chi connectivity index (χ0v) is 21.5. The van der Waals surface area contributed by atoms with Crippen molar-refractivity contribution in [3.8, 4) is 5.75 Å². The van der Waals surface area contributed by atoms with Gasteiger partial charge >= 0.3 is 0 Å². The number of pyridine rings is 1. The minimum atomic E-state index is -1.15. The van der Waals surface area contributed by atoms with Gasteiger partial charge in [-0.25, -0.2) is 4.39 Å². The quantitative estimate of drug-likeness (QED) is 0.384. The van der Waals surface area contributed by atoms with Crippen LogP contribution in [0.1, 0.15) is 42.1 Å². The smallest absolute Gasteiger partial charge is 0.139 e. The van der Waals surface area contributed by atoms with Crippen molar-refractivity contribution in [2.24, 2.45) is 0 Å². The SMILES string of the molecule is CC(F)c1ccc([C@H](O)CN2CCN(c3ccc(OCCO)cc3Cl)[C@H](c3ccc(Cl)cc3)C2)cn1. The van der Waals surface area contributed by atoms with E-state index in [1.54, 1.807) is 24.4 Å². The first-order valence-electron chi connectivity index (χ1n) is 11.9. The van der Waals surface area contributed by atoms with Gasteiger partial charge in [-0.1, -0.05) is 41.4 Å². The van der Waals surface area contributed by atoms with Gasteiger partial charge in [0.2, 0.25) is 0 Å². The molecule has 0 spiro atoms. The molecule has 1 saturated heterocycles. The topological polar surface area (TPSA) is 69.1 Å². The third-order valence-corrected chi connectivity index (χ3v) is 6.90. The molecule has 36 heavy (non-hydrogen) atoms. The van der Waals surface area contributed by atoms with Crippen LogP contribution in [0.4, 0.5) is 10.1 Å². The molecule has 0 radical (unpaired) electrons. The minimum absolute atomic E-state index is 0.0298. The van der Waals surface area contributed by atoms with Crippen LogP contribution < -0.4 is 9.64 Å². The minimum Gasteiger partial charge on any atom is -0.491 e. The van der Waals surface area contributed by atoms with Crippen molar-refractivity contribution in [1.29, 1.82) is 0 Å². The molecule has 0 saturated carbocycles. The number of alkyl halides is 1. The van der Waals surface area contributed by atoms with Gasteiger partial charge in [0.15, 0.2) is 0 Å². The highest BCUT2D eigenvalue weighted by Gasteiger charge is 2.31. The van der Waals surface area contributed by atoms with Crippen LogP contribution in [-0.4, -0.2) is 59.5 Å². The Kier molecular flexibility index (Phi) is 9.04. The Morgan fingerprint density at radius 2 is 1.89 bits per heavy atom. The van der Waals surface area contributed by atoms with Gasteiger partial charge in [-0.05, 0) is 42.8 Å². The van der Waals surface area contributed by atoms with E-state index in [0.29, 0.717) is 53.2 Å². The van der Waals surface area contributed by atoms with Crippen molar-refractivity contribution in [1.82, 2.24) is 9.88 Å². The normalized spacial score (nSPS) is 18.2. The van der Waals surface area contributed by atoms with Gasteiger partial charge in [0.1, 0.15) is 18.5 Å². The fourth-order valence-electron chi connectivity index (χ4n) is 4.44. The number of β-amino-alcohol motifs (C(OH)–C–C–N with tert-alkyl or cyclic N) is 1. The van der Waals surface area contributed by atoms with E-state index in [9.17, 15) is 9.50 Å². The van der Waals surface area contributed by atoms with Crippen LogP contribution in [0.15, 0.2) is 60.8 Å². The third kappa shape index (κ3) is 6.47. The summed E-state index contributed by atoms with van der Waals surface area (Å²) in [7, 11) is 0. The Hall–Kier alpha value is -2.42. The monoisotopic (exact) mass is 533 g/mol. The number of aromatic nitrogens is 1. The molecule has 0 bridgehead atoms. The number of nitrogens with zero attached hydrogens (tertiary/aromatic N) is 3. The molecule has 3 aromatic rings. The second-order valence-corrected chi connectivity index (χ2v) is 9.70. The van der Waals surface area contributed by atoms with E-state index >= 15 is 0 Å². The molecule has 3 atom stereocenters. The summed E-state index contributed by atoms with van der Waals surface area (Å²) < 4.78 is 19.0. The van der Waals surface area contributed by atoms with E-state index in [1.165, 1.54) is 6.92 Å². The number of piperazine rings is 1. The van der Waals surface area contributed by atoms with Crippen LogP contribution in [-0.2, 0) is 0 Å². The Morgan fingerprint density at radius 3 is 2.53 bits per heavy atom. The molecule has 2 N–H and O–H groups in total. The standard InChI is InChI=1S/C27H30Cl2FN3O3/c1-18(30)24-8-4-20(15-31-24)27(35)17-32-10-11-33(26(16-32)19-2-5-21(28)6-3-19)25-9-7-22(14-23(25)29)36-13-12-34/h2-9,14-15,18,26-27,34-35H,10-13,16-17H2,1H3/t18?,26-,27+/m0/s1. The molecule has 1 unspecified atom stereocenters. The van der Waals surface area contributed by atoms with Crippen LogP contribution in [0.25, 0.3) is 0 Å². The van der Waals surface area contributed by atoms with Crippen molar-refractivity contribution in [3.05, 3.63) is 87.7 Å². The maximum Gasteiger partial charge on any atom is 0.139 e. The van der Waals surface area contributed by atoms with Crippen LogP contribution in [0.5, 0.6) is 5.75 Å². The second kappa shape index (κ2) is 12.2. The summed E-state index contributed by atoms with van der Waals surface area (Å²) in [6, 6.07) is 16.6. The largest absolute Gasteiger partial charge is 0.491 e. The Bertz CT molecular complexity index is 1130. The predicted molar refractivity (Wildman–Crippen MR) is 141 cm³/mol.